The second kappa shape index (κ2) is 6.36. The van der Waals surface area contributed by atoms with Crippen LogP contribution in [0.1, 0.15) is 12.5 Å². The summed E-state index contributed by atoms with van der Waals surface area (Å²) in [6.07, 6.45) is 3.15. The molecule has 0 bridgehead atoms. The van der Waals surface area contributed by atoms with Gasteiger partial charge in [-0.15, -0.1) is 5.10 Å². The van der Waals surface area contributed by atoms with Crippen molar-refractivity contribution in [3.05, 3.63) is 54.6 Å². The van der Waals surface area contributed by atoms with Crippen LogP contribution in [0.3, 0.4) is 0 Å². The van der Waals surface area contributed by atoms with Gasteiger partial charge < -0.3 is 5.32 Å². The average Bonchev–Trinajstić information content (AvgIpc) is 3.07. The van der Waals surface area contributed by atoms with E-state index < -0.39 is 17.8 Å². The van der Waals surface area contributed by atoms with E-state index in [-0.39, 0.29) is 18.3 Å². The first-order valence-electron chi connectivity index (χ1n) is 7.83. The van der Waals surface area contributed by atoms with Gasteiger partial charge in [0.25, 0.3) is 0 Å². The van der Waals surface area contributed by atoms with Crippen LogP contribution in [0.4, 0.5) is 16.0 Å². The number of nitrogens with one attached hydrogen (secondary N) is 2. The number of hydrogen-bond acceptors (Lipinski definition) is 5. The Kier molecular flexibility index (Phi) is 3.88. The summed E-state index contributed by atoms with van der Waals surface area (Å²) in [6.45, 7) is 0. The Balaban J connectivity index is 1.64. The first kappa shape index (κ1) is 15.9. The maximum absolute atomic E-state index is 13.0. The normalized spacial score (nSPS) is 15.9. The number of rotatable bonds is 3. The number of fused-ring (bicyclic) bond motifs is 1. The number of nitrogens with zero attached hydrogens (tertiary/aromatic N) is 4. The van der Waals surface area contributed by atoms with E-state index in [1.54, 1.807) is 24.5 Å². The standard InChI is InChI=1S/C17H13FN6O2/c18-11-3-5-12(6-4-11)20-16(26)13-8-14(25)21-17-22-15(23-24(13)17)10-2-1-7-19-9-10/h1-7,9,13H,8H2,(H,20,26)(H,21,22,23,25)/t13-/m0/s1. The lowest BCUT2D eigenvalue weighted by Gasteiger charge is -2.22. The van der Waals surface area contributed by atoms with Crippen molar-refractivity contribution in [2.75, 3.05) is 10.6 Å². The van der Waals surface area contributed by atoms with E-state index >= 15 is 0 Å². The molecule has 2 amide bonds. The van der Waals surface area contributed by atoms with Crippen LogP contribution in [-0.2, 0) is 9.59 Å². The van der Waals surface area contributed by atoms with E-state index in [0.29, 0.717) is 17.1 Å². The van der Waals surface area contributed by atoms with Gasteiger partial charge in [-0.25, -0.2) is 9.07 Å². The van der Waals surface area contributed by atoms with E-state index in [1.807, 2.05) is 0 Å². The summed E-state index contributed by atoms with van der Waals surface area (Å²) in [4.78, 5) is 32.9. The fraction of sp³-hybridized carbons (Fsp3) is 0.118. The molecule has 2 N–H and O–H groups in total. The maximum atomic E-state index is 13.0. The highest BCUT2D eigenvalue weighted by Gasteiger charge is 2.33. The van der Waals surface area contributed by atoms with Crippen LogP contribution in [0, 0.1) is 5.82 Å². The van der Waals surface area contributed by atoms with E-state index in [0.717, 1.165) is 0 Å². The Hall–Kier alpha value is -3.62. The molecule has 1 atom stereocenters. The molecule has 1 aliphatic rings. The Morgan fingerprint density at radius 3 is 2.81 bits per heavy atom. The number of amides is 2. The zero-order chi connectivity index (χ0) is 18.1. The molecule has 4 rings (SSSR count). The zero-order valence-electron chi connectivity index (χ0n) is 13.4. The van der Waals surface area contributed by atoms with Crippen LogP contribution in [0.25, 0.3) is 11.4 Å². The van der Waals surface area contributed by atoms with E-state index in [4.69, 9.17) is 0 Å². The lowest BCUT2D eigenvalue weighted by Crippen LogP contribution is -2.36. The Bertz CT molecular complexity index is 971. The number of hydrogen-bond donors (Lipinski definition) is 2. The molecule has 0 saturated carbocycles. The summed E-state index contributed by atoms with van der Waals surface area (Å²) in [5.74, 6) is -0.619. The number of halogens is 1. The van der Waals surface area contributed by atoms with Gasteiger partial charge in [0.2, 0.25) is 17.8 Å². The third-order valence-corrected chi connectivity index (χ3v) is 3.89. The molecule has 8 nitrogen and oxygen atoms in total. The summed E-state index contributed by atoms with van der Waals surface area (Å²) >= 11 is 0. The fourth-order valence-corrected chi connectivity index (χ4v) is 2.64. The third kappa shape index (κ3) is 3.02. The molecule has 3 heterocycles. The van der Waals surface area contributed by atoms with Crippen LogP contribution in [0.2, 0.25) is 0 Å². The molecule has 0 unspecified atom stereocenters. The second-order valence-corrected chi connectivity index (χ2v) is 5.71. The summed E-state index contributed by atoms with van der Waals surface area (Å²) in [5, 5.41) is 9.61. The summed E-state index contributed by atoms with van der Waals surface area (Å²) in [5.41, 5.74) is 1.10. The fourth-order valence-electron chi connectivity index (χ4n) is 2.64. The molecule has 0 radical (unpaired) electrons. The van der Waals surface area contributed by atoms with Gasteiger partial charge in [-0.05, 0) is 36.4 Å². The lowest BCUT2D eigenvalue weighted by atomic mass is 10.1. The highest BCUT2D eigenvalue weighted by Crippen LogP contribution is 2.27. The molecule has 0 spiro atoms. The predicted molar refractivity (Wildman–Crippen MR) is 90.6 cm³/mol. The largest absolute Gasteiger partial charge is 0.324 e. The van der Waals surface area contributed by atoms with Gasteiger partial charge in [-0.3, -0.25) is 19.9 Å². The van der Waals surface area contributed by atoms with Gasteiger partial charge >= 0.3 is 0 Å². The van der Waals surface area contributed by atoms with E-state index in [2.05, 4.69) is 25.7 Å². The van der Waals surface area contributed by atoms with Crippen molar-refractivity contribution in [1.82, 2.24) is 19.7 Å². The Morgan fingerprint density at radius 1 is 1.27 bits per heavy atom. The molecule has 0 fully saturated rings. The van der Waals surface area contributed by atoms with Crippen molar-refractivity contribution in [2.24, 2.45) is 0 Å². The van der Waals surface area contributed by atoms with Gasteiger partial charge in [-0.2, -0.15) is 4.98 Å². The van der Waals surface area contributed by atoms with Crippen LogP contribution >= 0.6 is 0 Å². The van der Waals surface area contributed by atoms with Crippen LogP contribution in [-0.4, -0.2) is 31.6 Å². The van der Waals surface area contributed by atoms with Crippen molar-refractivity contribution in [3.8, 4) is 11.4 Å². The van der Waals surface area contributed by atoms with Crippen molar-refractivity contribution in [3.63, 3.8) is 0 Å². The Labute approximate surface area is 147 Å². The van der Waals surface area contributed by atoms with E-state index in [1.165, 1.54) is 28.9 Å². The Morgan fingerprint density at radius 2 is 2.08 bits per heavy atom. The maximum Gasteiger partial charge on any atom is 0.249 e. The van der Waals surface area contributed by atoms with Crippen LogP contribution in [0.15, 0.2) is 48.8 Å². The molecule has 3 aromatic rings. The van der Waals surface area contributed by atoms with Crippen molar-refractivity contribution >= 4 is 23.5 Å². The van der Waals surface area contributed by atoms with Crippen molar-refractivity contribution < 1.29 is 14.0 Å². The number of benzene rings is 1. The second-order valence-electron chi connectivity index (χ2n) is 5.71. The molecule has 1 aromatic carbocycles. The van der Waals surface area contributed by atoms with Crippen LogP contribution < -0.4 is 10.6 Å². The number of pyridine rings is 1. The minimum Gasteiger partial charge on any atom is -0.324 e. The number of carbonyl (C=O) groups excluding carboxylic acids is 2. The number of anilines is 2. The molecule has 1 aliphatic heterocycles. The average molecular weight is 352 g/mol. The molecular formula is C17H13FN6O2. The van der Waals surface area contributed by atoms with Crippen molar-refractivity contribution in [2.45, 2.75) is 12.5 Å². The summed E-state index contributed by atoms with van der Waals surface area (Å²) in [7, 11) is 0. The molecular weight excluding hydrogens is 339 g/mol. The van der Waals surface area contributed by atoms with Gasteiger partial charge in [0.05, 0.1) is 6.42 Å². The molecule has 2 aromatic heterocycles. The first-order chi connectivity index (χ1) is 12.6. The minimum atomic E-state index is -0.860. The van der Waals surface area contributed by atoms with E-state index in [9.17, 15) is 14.0 Å². The lowest BCUT2D eigenvalue weighted by molar-refractivity contribution is -0.125. The number of carbonyl (C=O) groups is 2. The SMILES string of the molecule is O=C1C[C@@H](C(=O)Nc2ccc(F)cc2)n2nc(-c3cccnc3)nc2N1. The smallest absolute Gasteiger partial charge is 0.249 e. The predicted octanol–water partition coefficient (Wildman–Crippen LogP) is 2.00. The van der Waals surface area contributed by atoms with Crippen molar-refractivity contribution in [1.29, 1.82) is 0 Å². The highest BCUT2D eigenvalue weighted by molar-refractivity contribution is 6.00. The van der Waals surface area contributed by atoms with Gasteiger partial charge in [0, 0.05) is 23.6 Å². The summed E-state index contributed by atoms with van der Waals surface area (Å²) in [6, 6.07) is 8.03. The zero-order valence-corrected chi connectivity index (χ0v) is 13.4. The molecule has 26 heavy (non-hydrogen) atoms. The van der Waals surface area contributed by atoms with Crippen LogP contribution in [0.5, 0.6) is 0 Å². The third-order valence-electron chi connectivity index (χ3n) is 3.89. The quantitative estimate of drug-likeness (QED) is 0.751. The molecule has 130 valence electrons. The monoisotopic (exact) mass is 352 g/mol. The molecule has 9 heteroatoms. The van der Waals surface area contributed by atoms with Gasteiger partial charge in [0.15, 0.2) is 5.82 Å². The molecule has 0 saturated heterocycles. The summed E-state index contributed by atoms with van der Waals surface area (Å²) < 4.78 is 14.4. The first-order valence-corrected chi connectivity index (χ1v) is 7.83. The molecule has 0 aliphatic carbocycles. The topological polar surface area (TPSA) is 102 Å². The highest BCUT2D eigenvalue weighted by atomic mass is 19.1. The van der Waals surface area contributed by atoms with Gasteiger partial charge in [-0.1, -0.05) is 0 Å². The number of aromatic nitrogens is 4. The minimum absolute atomic E-state index is 0.0735. The van der Waals surface area contributed by atoms with Gasteiger partial charge in [0.1, 0.15) is 11.9 Å².